The number of benzene rings is 2. The molecule has 4 aliphatic rings. The van der Waals surface area contributed by atoms with E-state index in [0.29, 0.717) is 82.5 Å². The van der Waals surface area contributed by atoms with Crippen LogP contribution in [0.1, 0.15) is 105 Å². The molecule has 16 nitrogen and oxygen atoms in total. The molecule has 0 radical (unpaired) electrons. The molecule has 2 aromatic carbocycles. The number of aliphatic hydroxyl groups is 1. The fourth-order valence-corrected chi connectivity index (χ4v) is 9.11. The summed E-state index contributed by atoms with van der Waals surface area (Å²) in [7, 11) is 0. The van der Waals surface area contributed by atoms with E-state index in [9.17, 15) is 33.9 Å². The van der Waals surface area contributed by atoms with Gasteiger partial charge >= 0.3 is 18.2 Å². The minimum Gasteiger partial charge on any atom is -0.458 e. The molecule has 0 saturated carbocycles. The van der Waals surface area contributed by atoms with E-state index < -0.39 is 70.7 Å². The summed E-state index contributed by atoms with van der Waals surface area (Å²) in [5.74, 6) is -2.14. The molecule has 2 aromatic heterocycles. The lowest BCUT2D eigenvalue weighted by atomic mass is 9.81. The Morgan fingerprint density at radius 1 is 1.08 bits per heavy atom. The van der Waals surface area contributed by atoms with Crippen molar-refractivity contribution < 1.29 is 47.7 Å². The summed E-state index contributed by atoms with van der Waals surface area (Å²) in [5.41, 5.74) is 1.56. The fraction of sp³-hybridized carbons (Fsp3) is 0.444. The number of likely N-dealkylation sites (tertiary alicyclic amines) is 1. The van der Waals surface area contributed by atoms with Gasteiger partial charge in [0.1, 0.15) is 36.7 Å². The van der Waals surface area contributed by atoms with Crippen LogP contribution in [0.25, 0.3) is 22.3 Å². The molecule has 62 heavy (non-hydrogen) atoms. The Labute approximate surface area is 356 Å². The number of nitrogens with one attached hydrogen (secondary N) is 3. The first-order chi connectivity index (χ1) is 29.4. The largest absolute Gasteiger partial charge is 0.458 e. The zero-order chi connectivity index (χ0) is 44.4. The summed E-state index contributed by atoms with van der Waals surface area (Å²) >= 11 is 0. The molecule has 8 rings (SSSR count). The van der Waals surface area contributed by atoms with Crippen molar-refractivity contribution in [3.05, 3.63) is 91.5 Å². The van der Waals surface area contributed by atoms with Gasteiger partial charge < -0.3 is 44.7 Å². The molecular formula is C45H49FN6O10. The predicted molar refractivity (Wildman–Crippen MR) is 222 cm³/mol. The number of fused-ring (bicyclic) bond motifs is 5. The molecule has 3 aliphatic heterocycles. The molecule has 4 N–H and O–H groups in total. The zero-order valence-corrected chi connectivity index (χ0v) is 35.4. The van der Waals surface area contributed by atoms with Gasteiger partial charge in [0.2, 0.25) is 11.8 Å². The average molecular weight is 853 g/mol. The van der Waals surface area contributed by atoms with Crippen LogP contribution >= 0.6 is 0 Å². The van der Waals surface area contributed by atoms with Crippen LogP contribution in [-0.4, -0.2) is 73.8 Å². The van der Waals surface area contributed by atoms with Crippen molar-refractivity contribution in [1.82, 2.24) is 25.1 Å². The van der Waals surface area contributed by atoms with Gasteiger partial charge in [-0.15, -0.1) is 0 Å². The Bertz CT molecular complexity index is 2640. The van der Waals surface area contributed by atoms with Crippen molar-refractivity contribution in [3.63, 3.8) is 0 Å². The van der Waals surface area contributed by atoms with Crippen molar-refractivity contribution in [1.29, 1.82) is 0 Å². The highest BCUT2D eigenvalue weighted by Gasteiger charge is 2.46. The second-order valence-corrected chi connectivity index (χ2v) is 17.3. The van der Waals surface area contributed by atoms with Crippen LogP contribution in [0.15, 0.2) is 41.2 Å². The van der Waals surface area contributed by atoms with Gasteiger partial charge in [0.25, 0.3) is 5.56 Å². The highest BCUT2D eigenvalue weighted by molar-refractivity contribution is 5.99. The van der Waals surface area contributed by atoms with Crippen LogP contribution in [0.2, 0.25) is 0 Å². The van der Waals surface area contributed by atoms with Crippen molar-refractivity contribution in [2.24, 2.45) is 0 Å². The van der Waals surface area contributed by atoms with Gasteiger partial charge in [-0.2, -0.15) is 0 Å². The van der Waals surface area contributed by atoms with Gasteiger partial charge in [0, 0.05) is 40.4 Å². The number of carbonyl (C=O) groups is 5. The first-order valence-corrected chi connectivity index (χ1v) is 20.8. The van der Waals surface area contributed by atoms with E-state index in [1.807, 2.05) is 0 Å². The minimum atomic E-state index is -2.03. The Hall–Kier alpha value is -6.36. The van der Waals surface area contributed by atoms with Gasteiger partial charge in [-0.1, -0.05) is 25.1 Å². The number of alkyl carbamates (subject to hydrolysis) is 2. The van der Waals surface area contributed by atoms with Crippen LogP contribution < -0.4 is 21.5 Å². The standard InChI is InChI=1S/C45H49FN6O10/c1-7-45(59)28-17-34-37-26(19-52(34)40(55)27(28)21-60-41(45)56)36-31(15-14-25-22(2)29(46)18-32(48-37)35(25)36)50-42(57)61-20-24-11-8-9-12-30(24)49-38(53)33-13-10-16-51(33)39(54)23(3)47-43(58)62-44(4,5)6/h8-9,11-12,17-18,23,31,33,59H,7,10,13-16,19-21H2,1-6H3,(H,47,58)(H,49,53)(H,50,57)/t23-,31+,33+,45+/m1/s1. The van der Waals surface area contributed by atoms with Crippen molar-refractivity contribution in [3.8, 4) is 11.4 Å². The monoisotopic (exact) mass is 852 g/mol. The first-order valence-electron chi connectivity index (χ1n) is 20.8. The van der Waals surface area contributed by atoms with Gasteiger partial charge in [-0.25, -0.2) is 23.8 Å². The lowest BCUT2D eigenvalue weighted by Gasteiger charge is -2.31. The molecule has 4 atom stereocenters. The molecule has 0 bridgehead atoms. The lowest BCUT2D eigenvalue weighted by molar-refractivity contribution is -0.172. The fourth-order valence-electron chi connectivity index (χ4n) is 9.11. The molecule has 326 valence electrons. The van der Waals surface area contributed by atoms with Crippen molar-refractivity contribution >= 4 is 46.6 Å². The van der Waals surface area contributed by atoms with E-state index >= 15 is 4.39 Å². The number of aryl methyl sites for hydroxylation is 1. The number of para-hydroxylation sites is 1. The minimum absolute atomic E-state index is 0.0279. The first kappa shape index (κ1) is 42.3. The molecule has 4 amide bonds. The Kier molecular flexibility index (Phi) is 10.8. The van der Waals surface area contributed by atoms with E-state index in [1.54, 1.807) is 65.0 Å². The normalized spacial score (nSPS) is 20.4. The Morgan fingerprint density at radius 2 is 1.84 bits per heavy atom. The van der Waals surface area contributed by atoms with Crippen molar-refractivity contribution in [2.45, 2.75) is 123 Å². The molecular weight excluding hydrogens is 804 g/mol. The summed E-state index contributed by atoms with van der Waals surface area (Å²) < 4.78 is 33.2. The predicted octanol–water partition coefficient (Wildman–Crippen LogP) is 5.28. The van der Waals surface area contributed by atoms with Gasteiger partial charge in [-0.3, -0.25) is 14.4 Å². The van der Waals surface area contributed by atoms with E-state index in [-0.39, 0.29) is 37.3 Å². The quantitative estimate of drug-likeness (QED) is 0.117. The second kappa shape index (κ2) is 15.8. The van der Waals surface area contributed by atoms with Gasteiger partial charge in [-0.05, 0) is 95.5 Å². The number of esters is 1. The van der Waals surface area contributed by atoms with Crippen LogP contribution in [0.4, 0.5) is 19.7 Å². The number of halogens is 1. The van der Waals surface area contributed by atoms with Crippen LogP contribution in [-0.2, 0) is 60.4 Å². The molecule has 0 unspecified atom stereocenters. The third kappa shape index (κ3) is 7.41. The molecule has 1 saturated heterocycles. The summed E-state index contributed by atoms with van der Waals surface area (Å²) in [4.78, 5) is 86.1. The number of hydrogen-bond donors (Lipinski definition) is 4. The number of nitrogens with zero attached hydrogens (tertiary/aromatic N) is 3. The van der Waals surface area contributed by atoms with E-state index in [0.717, 1.165) is 5.56 Å². The Balaban J connectivity index is 1.01. The topological polar surface area (TPSA) is 207 Å². The summed E-state index contributed by atoms with van der Waals surface area (Å²) in [6, 6.07) is 7.38. The second-order valence-electron chi connectivity index (χ2n) is 17.3. The van der Waals surface area contributed by atoms with Crippen LogP contribution in [0.3, 0.4) is 0 Å². The van der Waals surface area contributed by atoms with E-state index in [4.69, 9.17) is 19.2 Å². The highest BCUT2D eigenvalue weighted by atomic mass is 19.1. The number of ether oxygens (including phenoxy) is 3. The third-order valence-electron chi connectivity index (χ3n) is 12.2. The number of carbonyl (C=O) groups excluding carboxylic acids is 5. The molecule has 4 aromatic rings. The molecule has 0 spiro atoms. The lowest BCUT2D eigenvalue weighted by Crippen LogP contribution is -2.52. The van der Waals surface area contributed by atoms with Crippen molar-refractivity contribution in [2.75, 3.05) is 11.9 Å². The van der Waals surface area contributed by atoms with Crippen LogP contribution in [0, 0.1) is 12.7 Å². The molecule has 17 heteroatoms. The summed E-state index contributed by atoms with van der Waals surface area (Å²) in [5, 5.41) is 20.5. The number of pyridine rings is 2. The molecule has 1 aliphatic carbocycles. The SMILES string of the molecule is CC[C@@]1(O)C(=O)OCc2c1cc1n(c2=O)Cc2c-1nc1cc(F)c(C)c3c1c2[C@@H](NC(=O)OCc1ccccc1NC(=O)[C@@H]1CCCN1C(=O)[C@@H](C)NC(=O)OC(C)(C)C)CC3. The molecule has 5 heterocycles. The van der Waals surface area contributed by atoms with E-state index in [1.165, 1.54) is 22.5 Å². The number of rotatable bonds is 8. The number of cyclic esters (lactones) is 1. The van der Waals surface area contributed by atoms with Gasteiger partial charge in [0.05, 0.1) is 35.1 Å². The average Bonchev–Trinajstić information content (AvgIpc) is 3.86. The number of hydrogen-bond acceptors (Lipinski definition) is 11. The maximum atomic E-state index is 15.4. The van der Waals surface area contributed by atoms with Crippen LogP contribution in [0.5, 0.6) is 0 Å². The number of anilines is 1. The number of aromatic nitrogens is 2. The zero-order valence-electron chi connectivity index (χ0n) is 35.4. The summed E-state index contributed by atoms with van der Waals surface area (Å²) in [6.07, 6.45) is 0.279. The Morgan fingerprint density at radius 3 is 2.58 bits per heavy atom. The highest BCUT2D eigenvalue weighted by Crippen LogP contribution is 2.46. The maximum Gasteiger partial charge on any atom is 0.408 e. The smallest absolute Gasteiger partial charge is 0.408 e. The summed E-state index contributed by atoms with van der Waals surface area (Å²) in [6.45, 7) is 9.89. The third-order valence-corrected chi connectivity index (χ3v) is 12.2. The van der Waals surface area contributed by atoms with Gasteiger partial charge in [0.15, 0.2) is 5.60 Å². The maximum absolute atomic E-state index is 15.4. The molecule has 1 fully saturated rings. The number of amides is 4. The van der Waals surface area contributed by atoms with E-state index in [2.05, 4.69) is 16.0 Å².